The highest BCUT2D eigenvalue weighted by atomic mass is 16.3. The Morgan fingerprint density at radius 2 is 2.35 bits per heavy atom. The normalized spacial score (nSPS) is 21.2. The number of aryl methyl sites for hydroxylation is 1. The molecule has 1 amide bonds. The Balaban J connectivity index is 1.62. The van der Waals surface area contributed by atoms with Crippen molar-refractivity contribution in [3.8, 4) is 0 Å². The Morgan fingerprint density at radius 1 is 1.48 bits per heavy atom. The summed E-state index contributed by atoms with van der Waals surface area (Å²) in [7, 11) is 0. The van der Waals surface area contributed by atoms with Crippen LogP contribution < -0.4 is 10.2 Å². The Bertz CT molecular complexity index is 675. The van der Waals surface area contributed by atoms with E-state index < -0.39 is 5.60 Å². The summed E-state index contributed by atoms with van der Waals surface area (Å²) in [4.78, 5) is 26.2. The van der Waals surface area contributed by atoms with Gasteiger partial charge < -0.3 is 19.7 Å². The Morgan fingerprint density at radius 3 is 3.04 bits per heavy atom. The van der Waals surface area contributed by atoms with Gasteiger partial charge in [0.05, 0.1) is 17.5 Å². The molecule has 3 heterocycles. The maximum Gasteiger partial charge on any atom is 0.289 e. The van der Waals surface area contributed by atoms with Crippen molar-refractivity contribution < 1.29 is 14.3 Å². The van der Waals surface area contributed by atoms with Gasteiger partial charge in [-0.05, 0) is 19.8 Å². The Hall–Kier alpha value is -2.48. The van der Waals surface area contributed by atoms with Crippen molar-refractivity contribution in [2.45, 2.75) is 25.4 Å². The van der Waals surface area contributed by atoms with Gasteiger partial charge in [-0.15, -0.1) is 0 Å². The molecule has 0 radical (unpaired) electrons. The summed E-state index contributed by atoms with van der Waals surface area (Å²) in [6.45, 7) is 3.03. The standard InChI is InChI=1S/C15H19N5O3/c1-11-13(23-10-19-11)14(21)18-8-15(22)3-2-6-20(9-15)12-7-16-4-5-17-12/h4-5,7,10,22H,2-3,6,8-9H2,1H3,(H,18,21). The summed E-state index contributed by atoms with van der Waals surface area (Å²) in [5, 5.41) is 13.5. The zero-order valence-electron chi connectivity index (χ0n) is 12.9. The van der Waals surface area contributed by atoms with Gasteiger partial charge in [0, 0.05) is 32.0 Å². The van der Waals surface area contributed by atoms with Crippen LogP contribution in [0.5, 0.6) is 0 Å². The highest BCUT2D eigenvalue weighted by Gasteiger charge is 2.34. The van der Waals surface area contributed by atoms with E-state index in [1.54, 1.807) is 25.5 Å². The number of nitrogens with one attached hydrogen (secondary N) is 1. The second kappa shape index (κ2) is 6.33. The number of nitrogens with zero attached hydrogens (tertiary/aromatic N) is 4. The van der Waals surface area contributed by atoms with E-state index in [0.717, 1.165) is 18.8 Å². The molecule has 0 aromatic carbocycles. The molecule has 2 aromatic rings. The van der Waals surface area contributed by atoms with E-state index >= 15 is 0 Å². The third kappa shape index (κ3) is 3.48. The molecular formula is C15H19N5O3. The number of aromatic nitrogens is 3. The zero-order valence-corrected chi connectivity index (χ0v) is 12.9. The molecule has 1 aliphatic heterocycles. The maximum atomic E-state index is 12.1. The lowest BCUT2D eigenvalue weighted by atomic mass is 9.92. The topological polar surface area (TPSA) is 104 Å². The van der Waals surface area contributed by atoms with Gasteiger partial charge in [-0.1, -0.05) is 0 Å². The molecule has 23 heavy (non-hydrogen) atoms. The molecule has 2 N–H and O–H groups in total. The molecule has 3 rings (SSSR count). The fourth-order valence-electron chi connectivity index (χ4n) is 2.75. The van der Waals surface area contributed by atoms with Gasteiger partial charge in [0.15, 0.2) is 6.39 Å². The number of piperidine rings is 1. The lowest BCUT2D eigenvalue weighted by Crippen LogP contribution is -2.54. The molecule has 1 saturated heterocycles. The Labute approximate surface area is 133 Å². The lowest BCUT2D eigenvalue weighted by molar-refractivity contribution is 0.0250. The predicted molar refractivity (Wildman–Crippen MR) is 82.0 cm³/mol. The number of hydrogen-bond acceptors (Lipinski definition) is 7. The minimum Gasteiger partial charge on any atom is -0.438 e. The molecule has 0 saturated carbocycles. The number of hydrogen-bond donors (Lipinski definition) is 2. The molecule has 2 aromatic heterocycles. The number of amides is 1. The van der Waals surface area contributed by atoms with Crippen LogP contribution in [0.1, 0.15) is 29.1 Å². The van der Waals surface area contributed by atoms with Crippen LogP contribution in [0.25, 0.3) is 0 Å². The van der Waals surface area contributed by atoms with Crippen molar-refractivity contribution >= 4 is 11.7 Å². The highest BCUT2D eigenvalue weighted by molar-refractivity contribution is 5.92. The van der Waals surface area contributed by atoms with Gasteiger partial charge in [0.25, 0.3) is 5.91 Å². The van der Waals surface area contributed by atoms with Crippen LogP contribution in [0.2, 0.25) is 0 Å². The van der Waals surface area contributed by atoms with Gasteiger partial charge in [-0.25, -0.2) is 9.97 Å². The summed E-state index contributed by atoms with van der Waals surface area (Å²) >= 11 is 0. The second-order valence-electron chi connectivity index (χ2n) is 5.76. The lowest BCUT2D eigenvalue weighted by Gasteiger charge is -2.39. The molecule has 8 heteroatoms. The monoisotopic (exact) mass is 317 g/mol. The van der Waals surface area contributed by atoms with Crippen LogP contribution in [0, 0.1) is 6.92 Å². The maximum absolute atomic E-state index is 12.1. The summed E-state index contributed by atoms with van der Waals surface area (Å²) in [6.07, 6.45) is 7.55. The summed E-state index contributed by atoms with van der Waals surface area (Å²) in [6, 6.07) is 0. The average Bonchev–Trinajstić information content (AvgIpc) is 3.00. The first-order valence-corrected chi connectivity index (χ1v) is 7.49. The van der Waals surface area contributed by atoms with Gasteiger partial charge in [-0.3, -0.25) is 9.78 Å². The van der Waals surface area contributed by atoms with Crippen LogP contribution >= 0.6 is 0 Å². The minimum absolute atomic E-state index is 0.142. The molecule has 0 bridgehead atoms. The predicted octanol–water partition coefficient (Wildman–Crippen LogP) is 0.534. The van der Waals surface area contributed by atoms with Crippen molar-refractivity contribution in [3.63, 3.8) is 0 Å². The van der Waals surface area contributed by atoms with Crippen molar-refractivity contribution in [1.29, 1.82) is 0 Å². The van der Waals surface area contributed by atoms with E-state index in [-0.39, 0.29) is 18.2 Å². The van der Waals surface area contributed by atoms with Crippen LogP contribution in [0.15, 0.2) is 29.4 Å². The van der Waals surface area contributed by atoms with Gasteiger partial charge in [-0.2, -0.15) is 0 Å². The average molecular weight is 317 g/mol. The molecular weight excluding hydrogens is 298 g/mol. The summed E-state index contributed by atoms with van der Waals surface area (Å²) in [5.74, 6) is 0.531. The number of β-amino-alcohol motifs (C(OH)–C–C–N with tert-alkyl or cyclic N) is 1. The van der Waals surface area contributed by atoms with Gasteiger partial charge in [0.2, 0.25) is 5.76 Å². The number of oxazole rings is 1. The third-order valence-corrected chi connectivity index (χ3v) is 3.96. The first-order valence-electron chi connectivity index (χ1n) is 7.49. The van der Waals surface area contributed by atoms with E-state index in [2.05, 4.69) is 20.3 Å². The summed E-state index contributed by atoms with van der Waals surface area (Å²) in [5.41, 5.74) is -0.487. The zero-order chi connectivity index (χ0) is 16.3. The number of carbonyl (C=O) groups is 1. The van der Waals surface area contributed by atoms with Crippen LogP contribution in [-0.4, -0.2) is 51.2 Å². The molecule has 0 aliphatic carbocycles. The van der Waals surface area contributed by atoms with E-state index in [1.165, 1.54) is 6.39 Å². The summed E-state index contributed by atoms with van der Waals surface area (Å²) < 4.78 is 5.06. The van der Waals surface area contributed by atoms with E-state index in [0.29, 0.717) is 18.7 Å². The second-order valence-corrected chi connectivity index (χ2v) is 5.76. The fourth-order valence-corrected chi connectivity index (χ4v) is 2.75. The van der Waals surface area contributed by atoms with E-state index in [1.807, 2.05) is 4.90 Å². The van der Waals surface area contributed by atoms with Crippen molar-refractivity contribution in [3.05, 3.63) is 36.4 Å². The molecule has 8 nitrogen and oxygen atoms in total. The third-order valence-electron chi connectivity index (χ3n) is 3.96. The number of aliphatic hydroxyl groups is 1. The quantitative estimate of drug-likeness (QED) is 0.847. The van der Waals surface area contributed by atoms with Crippen molar-refractivity contribution in [2.75, 3.05) is 24.5 Å². The number of carbonyl (C=O) groups excluding carboxylic acids is 1. The number of anilines is 1. The molecule has 0 spiro atoms. The fraction of sp³-hybridized carbons (Fsp3) is 0.467. The highest BCUT2D eigenvalue weighted by Crippen LogP contribution is 2.24. The first-order chi connectivity index (χ1) is 11.1. The molecule has 1 fully saturated rings. The van der Waals surface area contributed by atoms with Crippen LogP contribution in [-0.2, 0) is 0 Å². The van der Waals surface area contributed by atoms with E-state index in [9.17, 15) is 9.90 Å². The minimum atomic E-state index is -1.01. The van der Waals surface area contributed by atoms with Crippen LogP contribution in [0.4, 0.5) is 5.82 Å². The molecule has 1 aliphatic rings. The molecule has 1 unspecified atom stereocenters. The first kappa shape index (κ1) is 15.4. The molecule has 1 atom stereocenters. The largest absolute Gasteiger partial charge is 0.438 e. The van der Waals surface area contributed by atoms with Gasteiger partial charge in [0.1, 0.15) is 5.82 Å². The van der Waals surface area contributed by atoms with Gasteiger partial charge >= 0.3 is 0 Å². The smallest absolute Gasteiger partial charge is 0.289 e. The van der Waals surface area contributed by atoms with Crippen LogP contribution in [0.3, 0.4) is 0 Å². The van der Waals surface area contributed by atoms with E-state index in [4.69, 9.17) is 4.42 Å². The van der Waals surface area contributed by atoms with Crippen molar-refractivity contribution in [2.24, 2.45) is 0 Å². The SMILES string of the molecule is Cc1ncoc1C(=O)NCC1(O)CCCN(c2cnccn2)C1. The Kier molecular flexibility index (Phi) is 4.24. The van der Waals surface area contributed by atoms with Crippen molar-refractivity contribution in [1.82, 2.24) is 20.3 Å². The number of rotatable bonds is 4. The molecule has 122 valence electrons.